The molecule has 0 heterocycles. The molecular weight excluding hydrogens is 249 g/mol. The van der Waals surface area contributed by atoms with Gasteiger partial charge in [0.05, 0.1) is 0 Å². The zero-order valence-corrected chi connectivity index (χ0v) is 13.0. The van der Waals surface area contributed by atoms with Crippen LogP contribution in [0.3, 0.4) is 0 Å². The zero-order chi connectivity index (χ0) is 11.9. The van der Waals surface area contributed by atoms with Crippen molar-refractivity contribution in [3.05, 3.63) is 0 Å². The minimum atomic E-state index is -4.83. The van der Waals surface area contributed by atoms with Gasteiger partial charge in [-0.1, -0.05) is 12.2 Å². The van der Waals surface area contributed by atoms with Crippen molar-refractivity contribution in [1.29, 1.82) is 0 Å². The van der Waals surface area contributed by atoms with Crippen LogP contribution in [0, 0.1) is 0 Å². The van der Waals surface area contributed by atoms with E-state index in [0.717, 1.165) is 0 Å². The summed E-state index contributed by atoms with van der Waals surface area (Å²) in [5.74, 6) is -1.35. The average molecular weight is 263 g/mol. The molecule has 0 saturated heterocycles. The molecule has 1 aliphatic rings. The quantitative estimate of drug-likeness (QED) is 0.682. The minimum absolute atomic E-state index is 0. The molecule has 16 heavy (non-hydrogen) atoms. The Labute approximate surface area is 135 Å². The molecule has 0 bridgehead atoms. The van der Waals surface area contributed by atoms with Crippen LogP contribution in [0.15, 0.2) is 0 Å². The Hall–Kier alpha value is 0.761. The van der Waals surface area contributed by atoms with Gasteiger partial charge in [-0.15, -0.1) is 0 Å². The van der Waals surface area contributed by atoms with Crippen molar-refractivity contribution in [2.24, 2.45) is 0 Å². The fourth-order valence-corrected chi connectivity index (χ4v) is 1.26. The maximum atomic E-state index is 12.1. The maximum Gasteiger partial charge on any atom is 1.00 e. The maximum absolute atomic E-state index is 12.1. The summed E-state index contributed by atoms with van der Waals surface area (Å²) in [5.41, 5.74) is -0.683. The van der Waals surface area contributed by atoms with Crippen molar-refractivity contribution >= 4 is 13.1 Å². The summed E-state index contributed by atoms with van der Waals surface area (Å²) in [6, 6.07) is -0.792. The Morgan fingerprint density at radius 2 is 1.88 bits per heavy atom. The summed E-state index contributed by atoms with van der Waals surface area (Å²) in [5, 5.41) is 2.20. The van der Waals surface area contributed by atoms with Gasteiger partial charge in [0.15, 0.2) is 0 Å². The van der Waals surface area contributed by atoms with Gasteiger partial charge >= 0.3 is 64.5 Å². The molecular formula is C8H14BF3KNO2. The van der Waals surface area contributed by atoms with Gasteiger partial charge in [0.25, 0.3) is 0 Å². The molecule has 0 aromatic heterocycles. The predicted octanol–water partition coefficient (Wildman–Crippen LogP) is -0.495. The summed E-state index contributed by atoms with van der Waals surface area (Å²) < 4.78 is 41.3. The van der Waals surface area contributed by atoms with Gasteiger partial charge in [0.2, 0.25) is 0 Å². The van der Waals surface area contributed by atoms with Crippen molar-refractivity contribution in [1.82, 2.24) is 5.32 Å². The number of amides is 1. The summed E-state index contributed by atoms with van der Waals surface area (Å²) in [7, 11) is 0. The van der Waals surface area contributed by atoms with Gasteiger partial charge in [-0.3, -0.25) is 0 Å². The van der Waals surface area contributed by atoms with Crippen LogP contribution in [-0.2, 0) is 4.74 Å². The SMILES string of the molecule is CC(C)(C)OC(=O)N[C@H]1C[C@H]1[B-](F)(F)F.[K+]. The molecule has 0 unspecified atom stereocenters. The van der Waals surface area contributed by atoms with Crippen molar-refractivity contribution in [2.45, 2.75) is 44.7 Å². The third kappa shape index (κ3) is 5.90. The largest absolute Gasteiger partial charge is 1.00 e. The van der Waals surface area contributed by atoms with Gasteiger partial charge in [-0.25, -0.2) is 4.79 Å². The van der Waals surface area contributed by atoms with Crippen LogP contribution in [0.2, 0.25) is 5.82 Å². The summed E-state index contributed by atoms with van der Waals surface area (Å²) >= 11 is 0. The van der Waals surface area contributed by atoms with E-state index >= 15 is 0 Å². The Morgan fingerprint density at radius 3 is 2.19 bits per heavy atom. The van der Waals surface area contributed by atoms with E-state index in [2.05, 4.69) is 5.32 Å². The fourth-order valence-electron chi connectivity index (χ4n) is 1.26. The third-order valence-electron chi connectivity index (χ3n) is 2.03. The van der Waals surface area contributed by atoms with E-state index in [-0.39, 0.29) is 57.8 Å². The summed E-state index contributed by atoms with van der Waals surface area (Å²) in [4.78, 5) is 11.1. The third-order valence-corrected chi connectivity index (χ3v) is 2.03. The van der Waals surface area contributed by atoms with E-state index in [1.54, 1.807) is 20.8 Å². The van der Waals surface area contributed by atoms with E-state index in [0.29, 0.717) is 0 Å². The van der Waals surface area contributed by atoms with Gasteiger partial charge in [0, 0.05) is 6.04 Å². The first-order chi connectivity index (χ1) is 6.59. The first-order valence-corrected chi connectivity index (χ1v) is 4.79. The number of hydrogen-bond donors (Lipinski definition) is 1. The zero-order valence-electron chi connectivity index (χ0n) is 9.89. The first kappa shape index (κ1) is 16.8. The topological polar surface area (TPSA) is 38.3 Å². The van der Waals surface area contributed by atoms with E-state index < -0.39 is 30.5 Å². The smallest absolute Gasteiger partial charge is 0.449 e. The van der Waals surface area contributed by atoms with Crippen molar-refractivity contribution < 1.29 is 73.9 Å². The Kier molecular flexibility index (Phi) is 5.87. The van der Waals surface area contributed by atoms with E-state index in [1.807, 2.05) is 0 Å². The van der Waals surface area contributed by atoms with Crippen LogP contribution in [0.4, 0.5) is 17.7 Å². The van der Waals surface area contributed by atoms with Gasteiger partial charge in [0.1, 0.15) is 5.60 Å². The van der Waals surface area contributed by atoms with Gasteiger partial charge < -0.3 is 23.0 Å². The summed E-state index contributed by atoms with van der Waals surface area (Å²) in [6.07, 6.45) is -0.807. The monoisotopic (exact) mass is 263 g/mol. The second-order valence-electron chi connectivity index (χ2n) is 4.78. The number of ether oxygens (including phenoxy) is 1. The van der Waals surface area contributed by atoms with Gasteiger partial charge in [-0.2, -0.15) is 0 Å². The standard InChI is InChI=1S/C8H14BF3NO2.K/c1-8(2,3)15-7(14)13-6-4-5(6)9(10,11)12;/h5-6H,4H2,1-3H3,(H,13,14);/q-1;+1/t5-,6+;/m1./s1. The molecule has 0 spiro atoms. The molecule has 0 aliphatic heterocycles. The van der Waals surface area contributed by atoms with Gasteiger partial charge in [-0.05, 0) is 20.8 Å². The van der Waals surface area contributed by atoms with Crippen LogP contribution in [0.25, 0.3) is 0 Å². The van der Waals surface area contributed by atoms with E-state index in [9.17, 15) is 17.7 Å². The Balaban J connectivity index is 0.00000225. The van der Waals surface area contributed by atoms with Crippen LogP contribution in [0.1, 0.15) is 27.2 Å². The van der Waals surface area contributed by atoms with E-state index in [1.165, 1.54) is 0 Å². The Morgan fingerprint density at radius 1 is 1.38 bits per heavy atom. The van der Waals surface area contributed by atoms with Crippen LogP contribution < -0.4 is 56.7 Å². The molecule has 0 aromatic carbocycles. The summed E-state index contributed by atoms with van der Waals surface area (Å²) in [6.45, 7) is 0.138. The molecule has 2 atom stereocenters. The minimum Gasteiger partial charge on any atom is -0.449 e. The molecule has 1 N–H and O–H groups in total. The predicted molar refractivity (Wildman–Crippen MR) is 50.6 cm³/mol. The van der Waals surface area contributed by atoms with Crippen LogP contribution in [-0.4, -0.2) is 24.7 Å². The molecule has 1 saturated carbocycles. The van der Waals surface area contributed by atoms with Crippen LogP contribution >= 0.6 is 0 Å². The van der Waals surface area contributed by atoms with E-state index in [4.69, 9.17) is 4.74 Å². The molecule has 88 valence electrons. The van der Waals surface area contributed by atoms with Crippen LogP contribution in [0.5, 0.6) is 0 Å². The number of alkyl carbamates (subject to hydrolysis) is 1. The number of nitrogens with one attached hydrogen (secondary N) is 1. The first-order valence-electron chi connectivity index (χ1n) is 4.79. The van der Waals surface area contributed by atoms with Crippen molar-refractivity contribution in [3.63, 3.8) is 0 Å². The molecule has 3 nitrogen and oxygen atoms in total. The second-order valence-corrected chi connectivity index (χ2v) is 4.78. The molecule has 0 aromatic rings. The molecule has 1 rings (SSSR count). The molecule has 0 radical (unpaired) electrons. The number of halogens is 3. The molecule has 8 heteroatoms. The normalized spacial score (nSPS) is 24.4. The molecule has 1 fully saturated rings. The van der Waals surface area contributed by atoms with Crippen molar-refractivity contribution in [2.75, 3.05) is 0 Å². The molecule has 1 aliphatic carbocycles. The Bertz CT molecular complexity index is 267. The number of carbonyl (C=O) groups is 1. The van der Waals surface area contributed by atoms with Crippen molar-refractivity contribution in [3.8, 4) is 0 Å². The average Bonchev–Trinajstić information content (AvgIpc) is 2.59. The number of hydrogen-bond acceptors (Lipinski definition) is 2. The number of carbonyl (C=O) groups excluding carboxylic acids is 1. The fraction of sp³-hybridized carbons (Fsp3) is 0.875. The molecule has 1 amide bonds. The number of rotatable bonds is 2. The second kappa shape index (κ2) is 5.60.